The summed E-state index contributed by atoms with van der Waals surface area (Å²) in [7, 11) is 0. The molecule has 3 heterocycles. The van der Waals surface area contributed by atoms with E-state index in [1.165, 1.54) is 0 Å². The molecule has 0 aromatic rings. The van der Waals surface area contributed by atoms with Crippen LogP contribution in [0.1, 0.15) is 6.92 Å². The Morgan fingerprint density at radius 1 is 1.53 bits per heavy atom. The highest BCUT2D eigenvalue weighted by molar-refractivity contribution is 5.93. The molecule has 3 N–H and O–H groups in total. The fraction of sp³-hybridized carbons (Fsp3) is 0.700. The zero-order valence-electron chi connectivity index (χ0n) is 9.24. The van der Waals surface area contributed by atoms with Crippen molar-refractivity contribution in [2.45, 2.75) is 37.8 Å². The number of carbonyl (C=O) groups excluding carboxylic acids is 1. The van der Waals surface area contributed by atoms with Crippen LogP contribution in [0, 0.1) is 0 Å². The zero-order valence-corrected chi connectivity index (χ0v) is 9.24. The van der Waals surface area contributed by atoms with Gasteiger partial charge in [-0.3, -0.25) is 4.79 Å². The maximum Gasteiger partial charge on any atom is 0.251 e. The summed E-state index contributed by atoms with van der Waals surface area (Å²) in [6.45, 7) is 1.43. The normalized spacial score (nSPS) is 44.2. The number of amides is 1. The standard InChI is InChI=1S/C10H14N2O5/c1-4-2-12-9-7(6(14)5(3-13)16-9)17-10(12)11-8(4)15/h2,5-7,9-10,13-14H,3H2,1H3,(H,11,15)/t5-,6-,7+,9-,10?/m1/s1. The molecule has 1 unspecified atom stereocenters. The number of carbonyl (C=O) groups is 1. The second-order valence-electron chi connectivity index (χ2n) is 4.42. The third-order valence-electron chi connectivity index (χ3n) is 3.30. The lowest BCUT2D eigenvalue weighted by Crippen LogP contribution is -2.50. The Morgan fingerprint density at radius 2 is 2.29 bits per heavy atom. The van der Waals surface area contributed by atoms with Crippen LogP contribution in [0.3, 0.4) is 0 Å². The topological polar surface area (TPSA) is 91.3 Å². The molecule has 0 radical (unpaired) electrons. The summed E-state index contributed by atoms with van der Waals surface area (Å²) in [4.78, 5) is 13.1. The van der Waals surface area contributed by atoms with Gasteiger partial charge in [-0.15, -0.1) is 0 Å². The van der Waals surface area contributed by atoms with Crippen molar-refractivity contribution in [2.75, 3.05) is 6.61 Å². The SMILES string of the molecule is CC1=CN2C(NC1=O)O[C@H]1[C@H](O)[C@@H](CO)O[C@H]12. The molecule has 7 heteroatoms. The van der Waals surface area contributed by atoms with Crippen molar-refractivity contribution in [3.8, 4) is 0 Å². The van der Waals surface area contributed by atoms with Crippen molar-refractivity contribution in [1.29, 1.82) is 0 Å². The quantitative estimate of drug-likeness (QED) is 0.496. The summed E-state index contributed by atoms with van der Waals surface area (Å²) >= 11 is 0. The second-order valence-corrected chi connectivity index (χ2v) is 4.42. The minimum atomic E-state index is -0.888. The summed E-state index contributed by atoms with van der Waals surface area (Å²) in [5.41, 5.74) is 0.552. The van der Waals surface area contributed by atoms with Gasteiger partial charge >= 0.3 is 0 Å². The van der Waals surface area contributed by atoms with E-state index in [9.17, 15) is 9.90 Å². The van der Waals surface area contributed by atoms with Crippen LogP contribution < -0.4 is 5.32 Å². The molecule has 17 heavy (non-hydrogen) atoms. The Balaban J connectivity index is 1.86. The van der Waals surface area contributed by atoms with E-state index in [1.807, 2.05) is 0 Å². The second kappa shape index (κ2) is 3.67. The van der Waals surface area contributed by atoms with Crippen LogP contribution in [0.2, 0.25) is 0 Å². The van der Waals surface area contributed by atoms with Crippen LogP contribution in [0.15, 0.2) is 11.8 Å². The minimum absolute atomic E-state index is 0.195. The van der Waals surface area contributed by atoms with E-state index in [2.05, 4.69) is 5.32 Å². The van der Waals surface area contributed by atoms with Crippen molar-refractivity contribution in [1.82, 2.24) is 10.2 Å². The van der Waals surface area contributed by atoms with Gasteiger partial charge < -0.3 is 29.9 Å². The van der Waals surface area contributed by atoms with Gasteiger partial charge in [0.15, 0.2) is 6.23 Å². The van der Waals surface area contributed by atoms with Gasteiger partial charge in [0.1, 0.15) is 18.3 Å². The monoisotopic (exact) mass is 242 g/mol. The molecule has 0 spiro atoms. The van der Waals surface area contributed by atoms with Crippen LogP contribution >= 0.6 is 0 Å². The van der Waals surface area contributed by atoms with E-state index in [1.54, 1.807) is 18.0 Å². The van der Waals surface area contributed by atoms with E-state index < -0.39 is 30.9 Å². The number of rotatable bonds is 1. The molecular formula is C10H14N2O5. The highest BCUT2D eigenvalue weighted by atomic mass is 16.6. The number of hydrogen-bond donors (Lipinski definition) is 3. The van der Waals surface area contributed by atoms with Gasteiger partial charge in [-0.1, -0.05) is 0 Å². The smallest absolute Gasteiger partial charge is 0.251 e. The fourth-order valence-corrected chi connectivity index (χ4v) is 2.37. The first kappa shape index (κ1) is 11.0. The number of aliphatic hydroxyl groups is 2. The van der Waals surface area contributed by atoms with Gasteiger partial charge in [-0.25, -0.2) is 0 Å². The van der Waals surface area contributed by atoms with Crippen molar-refractivity contribution in [3.05, 3.63) is 11.8 Å². The first-order valence-electron chi connectivity index (χ1n) is 5.48. The average Bonchev–Trinajstić information content (AvgIpc) is 2.78. The Hall–Kier alpha value is -1.15. The maximum absolute atomic E-state index is 11.4. The van der Waals surface area contributed by atoms with Crippen LogP contribution in [-0.2, 0) is 14.3 Å². The molecule has 7 nitrogen and oxygen atoms in total. The van der Waals surface area contributed by atoms with E-state index >= 15 is 0 Å². The van der Waals surface area contributed by atoms with Crippen LogP contribution in [0.25, 0.3) is 0 Å². The van der Waals surface area contributed by atoms with Crippen LogP contribution in [0.4, 0.5) is 0 Å². The third-order valence-corrected chi connectivity index (χ3v) is 3.30. The first-order valence-corrected chi connectivity index (χ1v) is 5.48. The zero-order chi connectivity index (χ0) is 12.2. The highest BCUT2D eigenvalue weighted by Gasteiger charge is 2.55. The number of nitrogens with zero attached hydrogens (tertiary/aromatic N) is 1. The van der Waals surface area contributed by atoms with Gasteiger partial charge in [0.2, 0.25) is 6.35 Å². The maximum atomic E-state index is 11.4. The summed E-state index contributed by atoms with van der Waals surface area (Å²) in [6.07, 6.45) is -1.50. The molecule has 3 aliphatic rings. The molecule has 3 aliphatic heterocycles. The van der Waals surface area contributed by atoms with Crippen molar-refractivity contribution >= 4 is 5.91 Å². The number of aliphatic hydroxyl groups excluding tert-OH is 2. The lowest BCUT2D eigenvalue weighted by atomic mass is 10.1. The Kier molecular flexibility index (Phi) is 2.37. The summed E-state index contributed by atoms with van der Waals surface area (Å²) in [6, 6.07) is 0. The molecule has 1 amide bonds. The molecule has 0 aliphatic carbocycles. The molecule has 2 fully saturated rings. The van der Waals surface area contributed by atoms with Crippen molar-refractivity contribution in [3.63, 3.8) is 0 Å². The molecular weight excluding hydrogens is 228 g/mol. The van der Waals surface area contributed by atoms with Gasteiger partial charge in [-0.2, -0.15) is 0 Å². The predicted molar refractivity (Wildman–Crippen MR) is 54.2 cm³/mol. The molecule has 3 rings (SSSR count). The Labute approximate surface area is 97.6 Å². The summed E-state index contributed by atoms with van der Waals surface area (Å²) < 4.78 is 11.0. The number of fused-ring (bicyclic) bond motifs is 3. The van der Waals surface area contributed by atoms with E-state index in [4.69, 9.17) is 14.6 Å². The molecule has 0 aromatic heterocycles. The number of ether oxygens (including phenoxy) is 2. The lowest BCUT2D eigenvalue weighted by Gasteiger charge is -2.31. The predicted octanol–water partition coefficient (Wildman–Crippen LogP) is -1.92. The largest absolute Gasteiger partial charge is 0.394 e. The average molecular weight is 242 g/mol. The lowest BCUT2D eigenvalue weighted by molar-refractivity contribution is -0.134. The molecule has 5 atom stereocenters. The summed E-state index contributed by atoms with van der Waals surface area (Å²) in [5, 5.41) is 21.6. The fourth-order valence-electron chi connectivity index (χ4n) is 2.37. The third kappa shape index (κ3) is 1.47. The minimum Gasteiger partial charge on any atom is -0.394 e. The Bertz CT molecular complexity index is 385. The van der Waals surface area contributed by atoms with Crippen LogP contribution in [-0.4, -0.2) is 58.5 Å². The van der Waals surface area contributed by atoms with Gasteiger partial charge in [0.05, 0.1) is 6.61 Å². The van der Waals surface area contributed by atoms with E-state index in [0.29, 0.717) is 5.57 Å². The van der Waals surface area contributed by atoms with Gasteiger partial charge in [-0.05, 0) is 6.92 Å². The van der Waals surface area contributed by atoms with Gasteiger partial charge in [0.25, 0.3) is 5.91 Å². The Morgan fingerprint density at radius 3 is 3.00 bits per heavy atom. The van der Waals surface area contributed by atoms with Crippen LogP contribution in [0.5, 0.6) is 0 Å². The van der Waals surface area contributed by atoms with E-state index in [0.717, 1.165) is 0 Å². The first-order chi connectivity index (χ1) is 8.11. The van der Waals surface area contributed by atoms with Crippen molar-refractivity contribution < 1.29 is 24.5 Å². The molecule has 0 saturated carbocycles. The molecule has 0 bridgehead atoms. The van der Waals surface area contributed by atoms with Gasteiger partial charge in [0, 0.05) is 11.8 Å². The number of nitrogens with one attached hydrogen (secondary N) is 1. The number of hydrogen-bond acceptors (Lipinski definition) is 6. The molecule has 94 valence electrons. The molecule has 2 saturated heterocycles. The highest BCUT2D eigenvalue weighted by Crippen LogP contribution is 2.35. The van der Waals surface area contributed by atoms with E-state index in [-0.39, 0.29) is 12.5 Å². The van der Waals surface area contributed by atoms with Crippen molar-refractivity contribution in [2.24, 2.45) is 0 Å². The molecule has 0 aromatic carbocycles. The summed E-state index contributed by atoms with van der Waals surface area (Å²) in [5.74, 6) is -0.195.